The minimum Gasteiger partial charge on any atom is -0.313 e. The van der Waals surface area contributed by atoms with Gasteiger partial charge in [-0.3, -0.25) is 0 Å². The van der Waals surface area contributed by atoms with Crippen LogP contribution < -0.4 is 5.32 Å². The Bertz CT molecular complexity index is 295. The Labute approximate surface area is 104 Å². The molecule has 1 N–H and O–H groups in total. The second kappa shape index (κ2) is 7.75. The molecule has 0 spiro atoms. The Morgan fingerprint density at radius 3 is 2.62 bits per heavy atom. The van der Waals surface area contributed by atoms with Crippen LogP contribution in [0.4, 0.5) is 0 Å². The predicted octanol–water partition coefficient (Wildman–Crippen LogP) is 4.25. The summed E-state index contributed by atoms with van der Waals surface area (Å²) in [5, 5.41) is 3.39. The summed E-state index contributed by atoms with van der Waals surface area (Å²) < 4.78 is 0. The lowest BCUT2D eigenvalue weighted by Crippen LogP contribution is -2.15. The van der Waals surface area contributed by atoms with Crippen molar-refractivity contribution in [2.75, 3.05) is 12.8 Å². The van der Waals surface area contributed by atoms with Gasteiger partial charge in [0.05, 0.1) is 0 Å². The van der Waals surface area contributed by atoms with E-state index in [1.807, 2.05) is 18.8 Å². The van der Waals surface area contributed by atoms with E-state index in [1.165, 1.54) is 29.1 Å². The van der Waals surface area contributed by atoms with Gasteiger partial charge in [-0.2, -0.15) is 0 Å². The van der Waals surface area contributed by atoms with Gasteiger partial charge in [-0.1, -0.05) is 38.5 Å². The molecule has 0 aromatic heterocycles. The van der Waals surface area contributed by atoms with Gasteiger partial charge in [0, 0.05) is 10.9 Å². The van der Waals surface area contributed by atoms with Gasteiger partial charge in [-0.25, -0.2) is 0 Å². The van der Waals surface area contributed by atoms with Crippen LogP contribution in [0.5, 0.6) is 0 Å². The number of benzene rings is 1. The van der Waals surface area contributed by atoms with Gasteiger partial charge in [0.15, 0.2) is 0 Å². The second-order valence-electron chi connectivity index (χ2n) is 3.99. The summed E-state index contributed by atoms with van der Waals surface area (Å²) in [4.78, 5) is 1.44. The van der Waals surface area contributed by atoms with Crippen LogP contribution in [0.1, 0.15) is 44.7 Å². The molecule has 0 aliphatic heterocycles. The van der Waals surface area contributed by atoms with Crippen molar-refractivity contribution in [3.8, 4) is 0 Å². The number of hydrogen-bond acceptors (Lipinski definition) is 2. The molecule has 0 saturated heterocycles. The van der Waals surface area contributed by atoms with Crippen molar-refractivity contribution in [1.82, 2.24) is 5.32 Å². The quantitative estimate of drug-likeness (QED) is 0.562. The van der Waals surface area contributed by atoms with Crippen molar-refractivity contribution in [1.29, 1.82) is 0 Å². The van der Waals surface area contributed by atoms with Gasteiger partial charge in [0.25, 0.3) is 0 Å². The summed E-state index contributed by atoms with van der Waals surface area (Å²) in [6.07, 6.45) is 3.72. The molecule has 0 amide bonds. The lowest BCUT2D eigenvalue weighted by atomic mass is 10.1. The van der Waals surface area contributed by atoms with E-state index in [-0.39, 0.29) is 0 Å². The smallest absolute Gasteiger partial charge is 0.0326 e. The zero-order valence-electron chi connectivity index (χ0n) is 10.6. The topological polar surface area (TPSA) is 12.0 Å². The van der Waals surface area contributed by atoms with Crippen LogP contribution >= 0.6 is 11.8 Å². The Balaban J connectivity index is 2.74. The number of hydrogen-bond donors (Lipinski definition) is 1. The maximum Gasteiger partial charge on any atom is 0.0326 e. The largest absolute Gasteiger partial charge is 0.313 e. The molecular formula is C14H23NS. The van der Waals surface area contributed by atoms with Gasteiger partial charge in [0.2, 0.25) is 0 Å². The molecule has 1 nitrogen and oxygen atoms in total. The van der Waals surface area contributed by atoms with Crippen LogP contribution in [0, 0.1) is 0 Å². The fourth-order valence-electron chi connectivity index (χ4n) is 1.81. The van der Waals surface area contributed by atoms with Crippen LogP contribution in [-0.2, 0) is 0 Å². The Kier molecular flexibility index (Phi) is 6.58. The number of rotatable bonds is 7. The van der Waals surface area contributed by atoms with Crippen LogP contribution in [0.25, 0.3) is 0 Å². The van der Waals surface area contributed by atoms with Crippen LogP contribution in [0.15, 0.2) is 29.2 Å². The summed E-state index contributed by atoms with van der Waals surface area (Å²) >= 11 is 1.99. The molecule has 1 atom stereocenters. The fourth-order valence-corrected chi connectivity index (χ4v) is 3.01. The van der Waals surface area contributed by atoms with E-state index in [1.54, 1.807) is 0 Å². The molecule has 2 heteroatoms. The first-order chi connectivity index (χ1) is 7.83. The Hall–Kier alpha value is -0.470. The number of unbranched alkanes of at least 4 members (excludes halogenated alkanes) is 1. The molecule has 0 aliphatic rings. The summed E-state index contributed by atoms with van der Waals surface area (Å²) in [5.74, 6) is 1.23. The molecule has 90 valence electrons. The fraction of sp³-hybridized carbons (Fsp3) is 0.571. The number of thioether (sulfide) groups is 1. The number of nitrogens with one attached hydrogen (secondary N) is 1. The first kappa shape index (κ1) is 13.6. The molecule has 1 aromatic carbocycles. The van der Waals surface area contributed by atoms with E-state index in [2.05, 4.69) is 43.4 Å². The molecule has 0 radical (unpaired) electrons. The third-order valence-corrected chi connectivity index (χ3v) is 3.98. The lowest BCUT2D eigenvalue weighted by Gasteiger charge is -2.18. The highest BCUT2D eigenvalue weighted by molar-refractivity contribution is 7.99. The molecule has 16 heavy (non-hydrogen) atoms. The summed E-state index contributed by atoms with van der Waals surface area (Å²) in [6, 6.07) is 9.26. The van der Waals surface area contributed by atoms with Crippen molar-refractivity contribution in [2.24, 2.45) is 0 Å². The van der Waals surface area contributed by atoms with Crippen molar-refractivity contribution in [3.05, 3.63) is 29.8 Å². The van der Waals surface area contributed by atoms with Crippen molar-refractivity contribution < 1.29 is 0 Å². The van der Waals surface area contributed by atoms with Crippen LogP contribution in [-0.4, -0.2) is 12.8 Å². The third-order valence-electron chi connectivity index (χ3n) is 2.81. The summed E-state index contributed by atoms with van der Waals surface area (Å²) in [5.41, 5.74) is 1.45. The summed E-state index contributed by atoms with van der Waals surface area (Å²) in [6.45, 7) is 4.48. The van der Waals surface area contributed by atoms with Gasteiger partial charge in [-0.15, -0.1) is 11.8 Å². The van der Waals surface area contributed by atoms with Crippen molar-refractivity contribution >= 4 is 11.8 Å². The van der Waals surface area contributed by atoms with E-state index in [0.29, 0.717) is 6.04 Å². The zero-order chi connectivity index (χ0) is 11.8. The minimum atomic E-state index is 0.491. The molecule has 0 saturated carbocycles. The maximum absolute atomic E-state index is 3.39. The molecule has 0 heterocycles. The maximum atomic E-state index is 3.39. The monoisotopic (exact) mass is 237 g/mol. The van der Waals surface area contributed by atoms with Gasteiger partial charge < -0.3 is 5.32 Å². The molecular weight excluding hydrogens is 214 g/mol. The lowest BCUT2D eigenvalue weighted by molar-refractivity contribution is 0.568. The zero-order valence-corrected chi connectivity index (χ0v) is 11.4. The highest BCUT2D eigenvalue weighted by Gasteiger charge is 2.10. The van der Waals surface area contributed by atoms with Gasteiger partial charge >= 0.3 is 0 Å². The van der Waals surface area contributed by atoms with E-state index < -0.39 is 0 Å². The predicted molar refractivity (Wildman–Crippen MR) is 74.2 cm³/mol. The summed E-state index contributed by atoms with van der Waals surface area (Å²) in [7, 11) is 2.04. The molecule has 0 bridgehead atoms. The van der Waals surface area contributed by atoms with Crippen LogP contribution in [0.2, 0.25) is 0 Å². The highest BCUT2D eigenvalue weighted by Crippen LogP contribution is 2.29. The molecule has 1 rings (SSSR count). The average Bonchev–Trinajstić information content (AvgIpc) is 2.33. The second-order valence-corrected chi connectivity index (χ2v) is 5.13. The normalized spacial score (nSPS) is 12.7. The SMILES string of the molecule is CCCCSc1ccccc1C(CC)NC. The molecule has 0 fully saturated rings. The average molecular weight is 237 g/mol. The van der Waals surface area contributed by atoms with E-state index in [9.17, 15) is 0 Å². The van der Waals surface area contributed by atoms with E-state index in [4.69, 9.17) is 0 Å². The van der Waals surface area contributed by atoms with Crippen molar-refractivity contribution in [2.45, 2.75) is 44.0 Å². The van der Waals surface area contributed by atoms with E-state index in [0.717, 1.165) is 6.42 Å². The van der Waals surface area contributed by atoms with Gasteiger partial charge in [0.1, 0.15) is 0 Å². The van der Waals surface area contributed by atoms with Crippen LogP contribution in [0.3, 0.4) is 0 Å². The van der Waals surface area contributed by atoms with Gasteiger partial charge in [-0.05, 0) is 37.3 Å². The third kappa shape index (κ3) is 3.84. The Morgan fingerprint density at radius 1 is 1.25 bits per heavy atom. The molecule has 0 aliphatic carbocycles. The first-order valence-electron chi connectivity index (χ1n) is 6.22. The highest BCUT2D eigenvalue weighted by atomic mass is 32.2. The molecule has 1 aromatic rings. The first-order valence-corrected chi connectivity index (χ1v) is 7.21. The minimum absolute atomic E-state index is 0.491. The standard InChI is InChI=1S/C14H23NS/c1-4-6-11-16-14-10-8-7-9-12(14)13(5-2)15-3/h7-10,13,15H,4-6,11H2,1-3H3. The Morgan fingerprint density at radius 2 is 2.00 bits per heavy atom. The van der Waals surface area contributed by atoms with E-state index >= 15 is 0 Å². The molecule has 1 unspecified atom stereocenters. The van der Waals surface area contributed by atoms with Crippen molar-refractivity contribution in [3.63, 3.8) is 0 Å².